The molecule has 3 rings (SSSR count). The number of halogens is 1. The zero-order chi connectivity index (χ0) is 15.5. The van der Waals surface area contributed by atoms with E-state index in [1.165, 1.54) is 0 Å². The largest absolute Gasteiger partial charge is 0.472 e. The van der Waals surface area contributed by atoms with Gasteiger partial charge in [-0.1, -0.05) is 22.0 Å². The van der Waals surface area contributed by atoms with Crippen LogP contribution in [0.2, 0.25) is 0 Å². The number of rotatable bonds is 4. The minimum Gasteiger partial charge on any atom is -0.472 e. The number of amides is 2. The van der Waals surface area contributed by atoms with E-state index < -0.39 is 5.92 Å². The second-order valence-corrected chi connectivity index (χ2v) is 6.08. The summed E-state index contributed by atoms with van der Waals surface area (Å²) in [5.41, 5.74) is 1.69. The van der Waals surface area contributed by atoms with Gasteiger partial charge in [0.2, 0.25) is 11.8 Å². The summed E-state index contributed by atoms with van der Waals surface area (Å²) < 4.78 is 5.86. The molecule has 1 unspecified atom stereocenters. The van der Waals surface area contributed by atoms with E-state index in [-0.39, 0.29) is 11.8 Å². The lowest BCUT2D eigenvalue weighted by molar-refractivity contribution is -0.132. The van der Waals surface area contributed by atoms with E-state index in [4.69, 9.17) is 4.42 Å². The number of nitrogens with zero attached hydrogens (tertiary/aromatic N) is 1. The van der Waals surface area contributed by atoms with Crippen LogP contribution >= 0.6 is 15.9 Å². The fraction of sp³-hybridized carbons (Fsp3) is 0.250. The second-order valence-electron chi connectivity index (χ2n) is 5.16. The van der Waals surface area contributed by atoms with Gasteiger partial charge in [-0.25, -0.2) is 0 Å². The summed E-state index contributed by atoms with van der Waals surface area (Å²) in [6.45, 7) is 0.926. The standard InChI is InChI=1S/C16H15BrN2O3/c17-12-2-1-3-13(8-12)19-6-4-14(16(19)21)15(20)18-9-11-5-7-22-10-11/h1-3,5,7-8,10,14H,4,6,9H2,(H,18,20). The van der Waals surface area contributed by atoms with Crippen molar-refractivity contribution in [2.75, 3.05) is 11.4 Å². The molecule has 6 heteroatoms. The first-order valence-electron chi connectivity index (χ1n) is 7.01. The maximum absolute atomic E-state index is 12.5. The van der Waals surface area contributed by atoms with Crippen molar-refractivity contribution in [3.8, 4) is 0 Å². The van der Waals surface area contributed by atoms with E-state index in [1.54, 1.807) is 23.5 Å². The zero-order valence-electron chi connectivity index (χ0n) is 11.8. The quantitative estimate of drug-likeness (QED) is 0.850. The van der Waals surface area contributed by atoms with Gasteiger partial charge in [0.25, 0.3) is 0 Å². The SMILES string of the molecule is O=C(NCc1ccoc1)C1CCN(c2cccc(Br)c2)C1=O. The molecule has 5 nitrogen and oxygen atoms in total. The van der Waals surface area contributed by atoms with Crippen molar-refractivity contribution in [3.63, 3.8) is 0 Å². The van der Waals surface area contributed by atoms with Gasteiger partial charge in [0.15, 0.2) is 0 Å². The number of carbonyl (C=O) groups excluding carboxylic acids is 2. The normalized spacial score (nSPS) is 17.8. The lowest BCUT2D eigenvalue weighted by Crippen LogP contribution is -2.36. The molecule has 1 aromatic heterocycles. The number of hydrogen-bond donors (Lipinski definition) is 1. The van der Waals surface area contributed by atoms with Crippen LogP contribution in [0.15, 0.2) is 51.7 Å². The van der Waals surface area contributed by atoms with Crippen LogP contribution in [0, 0.1) is 5.92 Å². The van der Waals surface area contributed by atoms with Gasteiger partial charge in [-0.05, 0) is 30.7 Å². The molecule has 0 spiro atoms. The predicted molar refractivity (Wildman–Crippen MR) is 85.2 cm³/mol. The summed E-state index contributed by atoms with van der Waals surface area (Å²) >= 11 is 3.39. The van der Waals surface area contributed by atoms with E-state index in [9.17, 15) is 9.59 Å². The topological polar surface area (TPSA) is 62.6 Å². The summed E-state index contributed by atoms with van der Waals surface area (Å²) in [5.74, 6) is -1.00. The van der Waals surface area contributed by atoms with Gasteiger partial charge in [0, 0.05) is 28.8 Å². The van der Waals surface area contributed by atoms with Crippen molar-refractivity contribution in [2.45, 2.75) is 13.0 Å². The molecule has 1 fully saturated rings. The lowest BCUT2D eigenvalue weighted by Gasteiger charge is -2.17. The van der Waals surface area contributed by atoms with Crippen molar-refractivity contribution >= 4 is 33.4 Å². The number of nitrogens with one attached hydrogen (secondary N) is 1. The van der Waals surface area contributed by atoms with Crippen LogP contribution in [0.25, 0.3) is 0 Å². The van der Waals surface area contributed by atoms with E-state index in [2.05, 4.69) is 21.2 Å². The molecule has 1 aromatic carbocycles. The monoisotopic (exact) mass is 362 g/mol. The molecule has 0 radical (unpaired) electrons. The Morgan fingerprint density at radius 1 is 1.41 bits per heavy atom. The van der Waals surface area contributed by atoms with Crippen LogP contribution in [0.3, 0.4) is 0 Å². The average Bonchev–Trinajstić information content (AvgIpc) is 3.14. The summed E-state index contributed by atoms with van der Waals surface area (Å²) in [6, 6.07) is 9.31. The second kappa shape index (κ2) is 6.36. The molecule has 1 aliphatic heterocycles. The minimum absolute atomic E-state index is 0.150. The predicted octanol–water partition coefficient (Wildman–Crippen LogP) is 2.71. The number of benzene rings is 1. The van der Waals surface area contributed by atoms with Crippen LogP contribution in [-0.2, 0) is 16.1 Å². The highest BCUT2D eigenvalue weighted by molar-refractivity contribution is 9.10. The van der Waals surface area contributed by atoms with Gasteiger partial charge in [0.1, 0.15) is 5.92 Å². The van der Waals surface area contributed by atoms with Crippen LogP contribution in [0.4, 0.5) is 5.69 Å². The maximum Gasteiger partial charge on any atom is 0.239 e. The van der Waals surface area contributed by atoms with Crippen molar-refractivity contribution in [1.29, 1.82) is 0 Å². The van der Waals surface area contributed by atoms with E-state index in [0.29, 0.717) is 19.5 Å². The Balaban J connectivity index is 1.64. The molecule has 0 bridgehead atoms. The van der Waals surface area contributed by atoms with Gasteiger partial charge < -0.3 is 14.6 Å². The third-order valence-corrected chi connectivity index (χ3v) is 4.18. The number of hydrogen-bond acceptors (Lipinski definition) is 3. The fourth-order valence-electron chi connectivity index (χ4n) is 2.53. The lowest BCUT2D eigenvalue weighted by atomic mass is 10.1. The first-order valence-corrected chi connectivity index (χ1v) is 7.80. The Kier molecular flexibility index (Phi) is 4.29. The third kappa shape index (κ3) is 3.06. The Bertz CT molecular complexity index is 684. The van der Waals surface area contributed by atoms with Crippen LogP contribution in [0.5, 0.6) is 0 Å². The average molecular weight is 363 g/mol. The van der Waals surface area contributed by atoms with Gasteiger partial charge in [-0.15, -0.1) is 0 Å². The van der Waals surface area contributed by atoms with Crippen molar-refractivity contribution in [1.82, 2.24) is 5.32 Å². The van der Waals surface area contributed by atoms with Gasteiger partial charge in [-0.2, -0.15) is 0 Å². The fourth-order valence-corrected chi connectivity index (χ4v) is 2.92. The molecule has 2 aromatic rings. The van der Waals surface area contributed by atoms with E-state index in [1.807, 2.05) is 24.3 Å². The minimum atomic E-state index is -0.620. The number of carbonyl (C=O) groups is 2. The smallest absolute Gasteiger partial charge is 0.239 e. The van der Waals surface area contributed by atoms with E-state index in [0.717, 1.165) is 15.7 Å². The molecule has 1 aliphatic rings. The van der Waals surface area contributed by atoms with Gasteiger partial charge in [0.05, 0.1) is 12.5 Å². The Labute approximate surface area is 136 Å². The van der Waals surface area contributed by atoms with Crippen LogP contribution in [0.1, 0.15) is 12.0 Å². The summed E-state index contributed by atoms with van der Waals surface area (Å²) in [5, 5.41) is 2.79. The highest BCUT2D eigenvalue weighted by Crippen LogP contribution is 2.27. The highest BCUT2D eigenvalue weighted by atomic mass is 79.9. The molecule has 114 valence electrons. The highest BCUT2D eigenvalue weighted by Gasteiger charge is 2.37. The molecule has 1 saturated heterocycles. The van der Waals surface area contributed by atoms with Crippen molar-refractivity contribution in [3.05, 3.63) is 52.9 Å². The summed E-state index contributed by atoms with van der Waals surface area (Å²) in [6.07, 6.45) is 3.66. The zero-order valence-corrected chi connectivity index (χ0v) is 13.4. The third-order valence-electron chi connectivity index (χ3n) is 3.69. The Hall–Kier alpha value is -2.08. The van der Waals surface area contributed by atoms with Crippen LogP contribution < -0.4 is 10.2 Å². The molecular weight excluding hydrogens is 348 g/mol. The molecule has 0 aliphatic carbocycles. The molecule has 1 atom stereocenters. The first-order chi connectivity index (χ1) is 10.6. The van der Waals surface area contributed by atoms with Gasteiger partial charge in [-0.3, -0.25) is 9.59 Å². The summed E-state index contributed by atoms with van der Waals surface area (Å²) in [4.78, 5) is 26.3. The summed E-state index contributed by atoms with van der Waals surface area (Å²) in [7, 11) is 0. The number of furan rings is 1. The van der Waals surface area contributed by atoms with Crippen molar-refractivity contribution < 1.29 is 14.0 Å². The molecule has 1 N–H and O–H groups in total. The van der Waals surface area contributed by atoms with Gasteiger partial charge >= 0.3 is 0 Å². The van der Waals surface area contributed by atoms with E-state index >= 15 is 0 Å². The Morgan fingerprint density at radius 2 is 2.27 bits per heavy atom. The molecule has 22 heavy (non-hydrogen) atoms. The molecule has 2 amide bonds. The first kappa shape index (κ1) is 14.8. The Morgan fingerprint density at radius 3 is 3.00 bits per heavy atom. The molecular formula is C16H15BrN2O3. The van der Waals surface area contributed by atoms with Crippen molar-refractivity contribution in [2.24, 2.45) is 5.92 Å². The number of anilines is 1. The maximum atomic E-state index is 12.5. The molecule has 2 heterocycles. The van der Waals surface area contributed by atoms with Crippen LogP contribution in [-0.4, -0.2) is 18.4 Å². The molecule has 0 saturated carbocycles.